The van der Waals surface area contributed by atoms with E-state index in [2.05, 4.69) is 10.6 Å². The first kappa shape index (κ1) is 13.5. The fourth-order valence-corrected chi connectivity index (χ4v) is 2.17. The van der Waals surface area contributed by atoms with E-state index in [4.69, 9.17) is 0 Å². The zero-order valence-corrected chi connectivity index (χ0v) is 10.6. The van der Waals surface area contributed by atoms with Gasteiger partial charge in [0.25, 0.3) is 11.6 Å². The van der Waals surface area contributed by atoms with Crippen LogP contribution in [0.2, 0.25) is 0 Å². The number of non-ortho nitro benzene ring substituents is 1. The molecule has 1 aliphatic heterocycles. The van der Waals surface area contributed by atoms with E-state index in [1.54, 1.807) is 0 Å². The van der Waals surface area contributed by atoms with Crippen molar-refractivity contribution in [2.75, 3.05) is 13.1 Å². The standard InChI is InChI=1S/C13H17N3O3/c17-13(15-11-2-1-8-14-9-7-11)10-3-5-12(6-4-10)16(18)19/h3-6,11,14H,1-2,7-9H2,(H,15,17). The molecule has 0 bridgehead atoms. The average molecular weight is 263 g/mol. The minimum absolute atomic E-state index is 0.00443. The van der Waals surface area contributed by atoms with Gasteiger partial charge in [0.1, 0.15) is 0 Å². The lowest BCUT2D eigenvalue weighted by Crippen LogP contribution is -2.35. The Morgan fingerprint density at radius 1 is 1.26 bits per heavy atom. The molecule has 2 rings (SSSR count). The largest absolute Gasteiger partial charge is 0.349 e. The maximum atomic E-state index is 12.0. The molecule has 0 saturated carbocycles. The van der Waals surface area contributed by atoms with Crippen LogP contribution in [-0.4, -0.2) is 30.0 Å². The Labute approximate surface area is 111 Å². The van der Waals surface area contributed by atoms with Gasteiger partial charge >= 0.3 is 0 Å². The minimum Gasteiger partial charge on any atom is -0.349 e. The SMILES string of the molecule is O=C(NC1CCCNCC1)c1ccc([N+](=O)[O-])cc1. The first-order valence-electron chi connectivity index (χ1n) is 6.43. The topological polar surface area (TPSA) is 84.3 Å². The number of carbonyl (C=O) groups excluding carboxylic acids is 1. The van der Waals surface area contributed by atoms with Crippen molar-refractivity contribution < 1.29 is 9.72 Å². The molecule has 1 amide bonds. The van der Waals surface area contributed by atoms with E-state index >= 15 is 0 Å². The van der Waals surface area contributed by atoms with Gasteiger partial charge in [-0.05, 0) is 44.5 Å². The molecule has 1 aliphatic rings. The van der Waals surface area contributed by atoms with Crippen LogP contribution in [0.3, 0.4) is 0 Å². The number of carbonyl (C=O) groups is 1. The number of rotatable bonds is 3. The summed E-state index contributed by atoms with van der Waals surface area (Å²) in [4.78, 5) is 22.1. The molecule has 1 aromatic carbocycles. The van der Waals surface area contributed by atoms with E-state index in [9.17, 15) is 14.9 Å². The smallest absolute Gasteiger partial charge is 0.269 e. The van der Waals surface area contributed by atoms with Crippen molar-refractivity contribution in [3.63, 3.8) is 0 Å². The zero-order chi connectivity index (χ0) is 13.7. The fourth-order valence-electron chi connectivity index (χ4n) is 2.17. The molecule has 0 aromatic heterocycles. The van der Waals surface area contributed by atoms with Gasteiger partial charge in [0.05, 0.1) is 4.92 Å². The highest BCUT2D eigenvalue weighted by molar-refractivity contribution is 5.94. The van der Waals surface area contributed by atoms with Crippen molar-refractivity contribution in [2.24, 2.45) is 0 Å². The number of amides is 1. The Morgan fingerprint density at radius 2 is 2.00 bits per heavy atom. The number of hydrogen-bond donors (Lipinski definition) is 2. The second-order valence-electron chi connectivity index (χ2n) is 4.66. The van der Waals surface area contributed by atoms with Crippen molar-refractivity contribution in [1.82, 2.24) is 10.6 Å². The number of nitrogens with one attached hydrogen (secondary N) is 2. The van der Waals surface area contributed by atoms with Crippen LogP contribution in [0, 0.1) is 10.1 Å². The van der Waals surface area contributed by atoms with Crippen LogP contribution in [0.15, 0.2) is 24.3 Å². The van der Waals surface area contributed by atoms with E-state index in [-0.39, 0.29) is 17.6 Å². The van der Waals surface area contributed by atoms with Crippen LogP contribution >= 0.6 is 0 Å². The van der Waals surface area contributed by atoms with Crippen LogP contribution < -0.4 is 10.6 Å². The van der Waals surface area contributed by atoms with Crippen LogP contribution in [-0.2, 0) is 0 Å². The highest BCUT2D eigenvalue weighted by atomic mass is 16.6. The Bertz CT molecular complexity index is 451. The third-order valence-electron chi connectivity index (χ3n) is 3.25. The summed E-state index contributed by atoms with van der Waals surface area (Å²) < 4.78 is 0. The summed E-state index contributed by atoms with van der Waals surface area (Å²) in [6, 6.07) is 5.86. The van der Waals surface area contributed by atoms with Gasteiger partial charge in [-0.15, -0.1) is 0 Å². The zero-order valence-electron chi connectivity index (χ0n) is 10.6. The van der Waals surface area contributed by atoms with E-state index < -0.39 is 4.92 Å². The maximum Gasteiger partial charge on any atom is 0.269 e. The van der Waals surface area contributed by atoms with Crippen LogP contribution in [0.5, 0.6) is 0 Å². The molecule has 19 heavy (non-hydrogen) atoms. The van der Waals surface area contributed by atoms with Crippen molar-refractivity contribution in [2.45, 2.75) is 25.3 Å². The molecule has 1 unspecified atom stereocenters. The highest BCUT2D eigenvalue weighted by Gasteiger charge is 2.16. The lowest BCUT2D eigenvalue weighted by Gasteiger charge is -2.15. The summed E-state index contributed by atoms with van der Waals surface area (Å²) in [5.74, 6) is -0.165. The third kappa shape index (κ3) is 3.75. The number of benzene rings is 1. The normalized spacial score (nSPS) is 19.5. The van der Waals surface area contributed by atoms with Gasteiger partial charge in [-0.3, -0.25) is 14.9 Å². The summed E-state index contributed by atoms with van der Waals surface area (Å²) in [6.07, 6.45) is 2.93. The second kappa shape index (κ2) is 6.29. The van der Waals surface area contributed by atoms with Crippen molar-refractivity contribution >= 4 is 11.6 Å². The quantitative estimate of drug-likeness (QED) is 0.639. The second-order valence-corrected chi connectivity index (χ2v) is 4.66. The number of nitro benzene ring substituents is 1. The Morgan fingerprint density at radius 3 is 2.68 bits per heavy atom. The third-order valence-corrected chi connectivity index (χ3v) is 3.25. The first-order valence-corrected chi connectivity index (χ1v) is 6.43. The molecule has 1 fully saturated rings. The summed E-state index contributed by atoms with van der Waals surface area (Å²) in [5, 5.41) is 16.8. The van der Waals surface area contributed by atoms with Crippen LogP contribution in [0.25, 0.3) is 0 Å². The van der Waals surface area contributed by atoms with Crippen molar-refractivity contribution in [3.8, 4) is 0 Å². The first-order chi connectivity index (χ1) is 9.16. The molecule has 2 N–H and O–H groups in total. The van der Waals surface area contributed by atoms with Gasteiger partial charge in [0.15, 0.2) is 0 Å². The van der Waals surface area contributed by atoms with Crippen molar-refractivity contribution in [3.05, 3.63) is 39.9 Å². The summed E-state index contributed by atoms with van der Waals surface area (Å²) in [7, 11) is 0. The molecule has 1 aromatic rings. The molecule has 6 heteroatoms. The van der Waals surface area contributed by atoms with E-state index in [1.165, 1.54) is 24.3 Å². The summed E-state index contributed by atoms with van der Waals surface area (Å²) in [6.45, 7) is 1.90. The summed E-state index contributed by atoms with van der Waals surface area (Å²) >= 11 is 0. The Kier molecular flexibility index (Phi) is 4.46. The molecule has 0 aliphatic carbocycles. The molecule has 1 heterocycles. The van der Waals surface area contributed by atoms with Gasteiger partial charge in [-0.25, -0.2) is 0 Å². The molecule has 1 saturated heterocycles. The van der Waals surface area contributed by atoms with E-state index in [0.717, 1.165) is 32.4 Å². The van der Waals surface area contributed by atoms with Crippen molar-refractivity contribution in [1.29, 1.82) is 0 Å². The molecular formula is C13H17N3O3. The predicted molar refractivity (Wildman–Crippen MR) is 71.1 cm³/mol. The molecular weight excluding hydrogens is 246 g/mol. The molecule has 6 nitrogen and oxygen atoms in total. The van der Waals surface area contributed by atoms with Gasteiger partial charge in [-0.2, -0.15) is 0 Å². The van der Waals surface area contributed by atoms with Gasteiger partial charge < -0.3 is 10.6 Å². The minimum atomic E-state index is -0.474. The Hall–Kier alpha value is -1.95. The highest BCUT2D eigenvalue weighted by Crippen LogP contribution is 2.13. The molecule has 0 radical (unpaired) electrons. The Balaban J connectivity index is 1.96. The van der Waals surface area contributed by atoms with E-state index in [0.29, 0.717) is 5.56 Å². The van der Waals surface area contributed by atoms with Gasteiger partial charge in [0.2, 0.25) is 0 Å². The number of nitro groups is 1. The van der Waals surface area contributed by atoms with Gasteiger partial charge in [0, 0.05) is 23.7 Å². The van der Waals surface area contributed by atoms with E-state index in [1.807, 2.05) is 0 Å². The lowest BCUT2D eigenvalue weighted by atomic mass is 10.1. The molecule has 102 valence electrons. The fraction of sp³-hybridized carbons (Fsp3) is 0.462. The van der Waals surface area contributed by atoms with Gasteiger partial charge in [-0.1, -0.05) is 0 Å². The molecule has 0 spiro atoms. The predicted octanol–water partition coefficient (Wildman–Crippen LogP) is 1.47. The lowest BCUT2D eigenvalue weighted by molar-refractivity contribution is -0.384. The average Bonchev–Trinajstić information content (AvgIpc) is 2.67. The number of hydrogen-bond acceptors (Lipinski definition) is 4. The van der Waals surface area contributed by atoms with Crippen LogP contribution in [0.4, 0.5) is 5.69 Å². The van der Waals surface area contributed by atoms with Crippen LogP contribution in [0.1, 0.15) is 29.6 Å². The summed E-state index contributed by atoms with van der Waals surface area (Å²) in [5.41, 5.74) is 0.457. The monoisotopic (exact) mass is 263 g/mol. The molecule has 1 atom stereocenters. The number of nitrogens with zero attached hydrogens (tertiary/aromatic N) is 1. The maximum absolute atomic E-state index is 12.0.